The van der Waals surface area contributed by atoms with Crippen LogP contribution in [0.25, 0.3) is 0 Å². The van der Waals surface area contributed by atoms with Crippen molar-refractivity contribution in [2.75, 3.05) is 13.6 Å². The predicted molar refractivity (Wildman–Crippen MR) is 80.0 cm³/mol. The molecule has 0 aromatic carbocycles. The van der Waals surface area contributed by atoms with Crippen molar-refractivity contribution in [1.82, 2.24) is 14.9 Å². The highest BCUT2D eigenvalue weighted by atomic mass is 35.5. The highest BCUT2D eigenvalue weighted by Crippen LogP contribution is 2.26. The SMILES string of the molecule is CC(C)c1ncc(Cl)c(C(=O)N(C)CC2CCCC2)n1. The van der Waals surface area contributed by atoms with E-state index < -0.39 is 0 Å². The van der Waals surface area contributed by atoms with E-state index in [0.29, 0.717) is 22.5 Å². The van der Waals surface area contributed by atoms with Gasteiger partial charge in [0.25, 0.3) is 5.91 Å². The van der Waals surface area contributed by atoms with Gasteiger partial charge in [-0.2, -0.15) is 0 Å². The average Bonchev–Trinajstić information content (AvgIpc) is 2.91. The van der Waals surface area contributed by atoms with Gasteiger partial charge < -0.3 is 4.90 Å². The van der Waals surface area contributed by atoms with Gasteiger partial charge in [0.05, 0.1) is 11.2 Å². The molecular weight excluding hydrogens is 274 g/mol. The van der Waals surface area contributed by atoms with E-state index in [-0.39, 0.29) is 11.8 Å². The van der Waals surface area contributed by atoms with Crippen LogP contribution >= 0.6 is 11.6 Å². The van der Waals surface area contributed by atoms with Crippen LogP contribution in [-0.4, -0.2) is 34.4 Å². The van der Waals surface area contributed by atoms with Gasteiger partial charge in [0, 0.05) is 19.5 Å². The number of rotatable bonds is 4. The Morgan fingerprint density at radius 2 is 2.10 bits per heavy atom. The van der Waals surface area contributed by atoms with Crippen molar-refractivity contribution in [3.63, 3.8) is 0 Å². The van der Waals surface area contributed by atoms with E-state index in [1.807, 2.05) is 20.9 Å². The molecule has 0 spiro atoms. The Bertz CT molecular complexity index is 484. The molecule has 20 heavy (non-hydrogen) atoms. The topological polar surface area (TPSA) is 46.1 Å². The van der Waals surface area contributed by atoms with Gasteiger partial charge in [-0.15, -0.1) is 0 Å². The smallest absolute Gasteiger partial charge is 0.273 e. The molecule has 1 aliphatic rings. The van der Waals surface area contributed by atoms with Crippen molar-refractivity contribution < 1.29 is 4.79 Å². The quantitative estimate of drug-likeness (QED) is 0.854. The van der Waals surface area contributed by atoms with Gasteiger partial charge in [-0.25, -0.2) is 9.97 Å². The molecule has 0 saturated heterocycles. The van der Waals surface area contributed by atoms with Gasteiger partial charge in [-0.1, -0.05) is 38.3 Å². The lowest BCUT2D eigenvalue weighted by Gasteiger charge is -2.21. The first kappa shape index (κ1) is 15.2. The van der Waals surface area contributed by atoms with Gasteiger partial charge in [-0.05, 0) is 18.8 Å². The number of hydrogen-bond donors (Lipinski definition) is 0. The average molecular weight is 296 g/mol. The molecular formula is C15H22ClN3O. The van der Waals surface area contributed by atoms with Gasteiger partial charge >= 0.3 is 0 Å². The van der Waals surface area contributed by atoms with E-state index in [0.717, 1.165) is 6.54 Å². The minimum atomic E-state index is -0.105. The first-order valence-corrected chi connectivity index (χ1v) is 7.64. The molecule has 0 atom stereocenters. The lowest BCUT2D eigenvalue weighted by Crippen LogP contribution is -2.32. The number of halogens is 1. The van der Waals surface area contributed by atoms with Gasteiger partial charge in [-0.3, -0.25) is 4.79 Å². The zero-order valence-electron chi connectivity index (χ0n) is 12.4. The summed E-state index contributed by atoms with van der Waals surface area (Å²) in [5.41, 5.74) is 0.325. The van der Waals surface area contributed by atoms with Crippen LogP contribution in [0.4, 0.5) is 0 Å². The van der Waals surface area contributed by atoms with E-state index in [1.54, 1.807) is 4.90 Å². The first-order chi connectivity index (χ1) is 9.49. The Balaban J connectivity index is 2.12. The molecule has 4 nitrogen and oxygen atoms in total. The fourth-order valence-electron chi connectivity index (χ4n) is 2.65. The van der Waals surface area contributed by atoms with Crippen molar-refractivity contribution in [1.29, 1.82) is 0 Å². The summed E-state index contributed by atoms with van der Waals surface area (Å²) in [4.78, 5) is 22.7. The molecule has 1 saturated carbocycles. The molecule has 110 valence electrons. The zero-order valence-corrected chi connectivity index (χ0v) is 13.2. The summed E-state index contributed by atoms with van der Waals surface area (Å²) in [6.45, 7) is 4.79. The summed E-state index contributed by atoms with van der Waals surface area (Å²) in [5.74, 6) is 1.35. The number of amides is 1. The third-order valence-electron chi connectivity index (χ3n) is 3.84. The Morgan fingerprint density at radius 1 is 1.45 bits per heavy atom. The summed E-state index contributed by atoms with van der Waals surface area (Å²) in [5, 5.41) is 0.331. The fourth-order valence-corrected chi connectivity index (χ4v) is 2.82. The molecule has 0 unspecified atom stereocenters. The number of carbonyl (C=O) groups is 1. The maximum atomic E-state index is 12.5. The van der Waals surface area contributed by atoms with Gasteiger partial charge in [0.1, 0.15) is 5.82 Å². The number of aromatic nitrogens is 2. The van der Waals surface area contributed by atoms with Crippen molar-refractivity contribution in [3.8, 4) is 0 Å². The minimum absolute atomic E-state index is 0.105. The Labute approximate surface area is 125 Å². The van der Waals surface area contributed by atoms with Crippen molar-refractivity contribution in [2.24, 2.45) is 5.92 Å². The lowest BCUT2D eigenvalue weighted by molar-refractivity contribution is 0.0767. The van der Waals surface area contributed by atoms with Gasteiger partial charge in [0.2, 0.25) is 0 Å². The van der Waals surface area contributed by atoms with Crippen molar-refractivity contribution >= 4 is 17.5 Å². The van der Waals surface area contributed by atoms with Crippen LogP contribution in [0.3, 0.4) is 0 Å². The molecule has 1 heterocycles. The maximum absolute atomic E-state index is 12.5. The van der Waals surface area contributed by atoms with Crippen LogP contribution in [0.15, 0.2) is 6.20 Å². The second-order valence-electron chi connectivity index (χ2n) is 5.92. The minimum Gasteiger partial charge on any atom is -0.340 e. The van der Waals surface area contributed by atoms with Crippen LogP contribution in [0.2, 0.25) is 5.02 Å². The number of carbonyl (C=O) groups excluding carboxylic acids is 1. The molecule has 1 aromatic heterocycles. The summed E-state index contributed by atoms with van der Waals surface area (Å²) >= 11 is 6.08. The molecule has 1 amide bonds. The molecule has 0 aliphatic heterocycles. The molecule has 1 aromatic rings. The van der Waals surface area contributed by atoms with E-state index in [2.05, 4.69) is 9.97 Å². The van der Waals surface area contributed by atoms with Gasteiger partial charge in [0.15, 0.2) is 5.69 Å². The fraction of sp³-hybridized carbons (Fsp3) is 0.667. The van der Waals surface area contributed by atoms with Crippen LogP contribution in [-0.2, 0) is 0 Å². The molecule has 2 rings (SSSR count). The Kier molecular flexibility index (Phi) is 4.97. The zero-order chi connectivity index (χ0) is 14.7. The molecule has 0 radical (unpaired) electrons. The standard InChI is InChI=1S/C15H22ClN3O/c1-10(2)14-17-8-12(16)13(18-14)15(20)19(3)9-11-6-4-5-7-11/h8,10-11H,4-7,9H2,1-3H3. The van der Waals surface area contributed by atoms with Crippen LogP contribution in [0.5, 0.6) is 0 Å². The van der Waals surface area contributed by atoms with Crippen molar-refractivity contribution in [3.05, 3.63) is 22.7 Å². The third kappa shape index (κ3) is 3.48. The molecule has 5 heteroatoms. The number of nitrogens with zero attached hydrogens (tertiary/aromatic N) is 3. The second kappa shape index (κ2) is 6.53. The molecule has 1 aliphatic carbocycles. The van der Waals surface area contributed by atoms with E-state index in [9.17, 15) is 4.79 Å². The van der Waals surface area contributed by atoms with Crippen LogP contribution < -0.4 is 0 Å². The van der Waals surface area contributed by atoms with E-state index in [4.69, 9.17) is 11.6 Å². The van der Waals surface area contributed by atoms with Crippen molar-refractivity contribution in [2.45, 2.75) is 45.4 Å². The first-order valence-electron chi connectivity index (χ1n) is 7.27. The summed E-state index contributed by atoms with van der Waals surface area (Å²) < 4.78 is 0. The third-order valence-corrected chi connectivity index (χ3v) is 4.11. The molecule has 0 bridgehead atoms. The highest BCUT2D eigenvalue weighted by Gasteiger charge is 2.23. The largest absolute Gasteiger partial charge is 0.340 e. The predicted octanol–water partition coefficient (Wildman–Crippen LogP) is 3.52. The Hall–Kier alpha value is -1.16. The monoisotopic (exact) mass is 295 g/mol. The normalized spacial score (nSPS) is 15.8. The molecule has 1 fully saturated rings. The van der Waals surface area contributed by atoms with E-state index in [1.165, 1.54) is 31.9 Å². The summed E-state index contributed by atoms with van der Waals surface area (Å²) in [7, 11) is 1.83. The highest BCUT2D eigenvalue weighted by molar-refractivity contribution is 6.33. The number of hydrogen-bond acceptors (Lipinski definition) is 3. The Morgan fingerprint density at radius 3 is 2.70 bits per heavy atom. The second-order valence-corrected chi connectivity index (χ2v) is 6.32. The van der Waals surface area contributed by atoms with E-state index >= 15 is 0 Å². The summed E-state index contributed by atoms with van der Waals surface area (Å²) in [6.07, 6.45) is 6.51. The lowest BCUT2D eigenvalue weighted by atomic mass is 10.1. The van der Waals surface area contributed by atoms with Crippen LogP contribution in [0, 0.1) is 5.92 Å². The summed E-state index contributed by atoms with van der Waals surface area (Å²) in [6, 6.07) is 0. The van der Waals surface area contributed by atoms with Crippen LogP contribution in [0.1, 0.15) is 61.8 Å². The molecule has 0 N–H and O–H groups in total. The maximum Gasteiger partial charge on any atom is 0.273 e.